The molecule has 1 N–H and O–H groups in total. The molecule has 0 aliphatic heterocycles. The Kier molecular flexibility index (Phi) is 6.33. The number of aromatic nitrogens is 2. The van der Waals surface area contributed by atoms with Crippen molar-refractivity contribution in [3.63, 3.8) is 0 Å². The van der Waals surface area contributed by atoms with Crippen molar-refractivity contribution in [1.82, 2.24) is 14.9 Å². The third-order valence-electron chi connectivity index (χ3n) is 4.20. The summed E-state index contributed by atoms with van der Waals surface area (Å²) in [5, 5.41) is 3.29. The molecule has 0 fully saturated rings. The molecule has 0 aromatic carbocycles. The van der Waals surface area contributed by atoms with Gasteiger partial charge >= 0.3 is 6.09 Å². The number of carbonyl (C=O) groups excluding carboxylic acids is 2. The molecule has 144 valence electrons. The highest BCUT2D eigenvalue weighted by molar-refractivity contribution is 7.99. The van der Waals surface area contributed by atoms with Crippen molar-refractivity contribution in [3.05, 3.63) is 33.4 Å². The number of alkyl carbamates (subject to hydrolysis) is 1. The van der Waals surface area contributed by atoms with Crippen LogP contribution in [-0.2, 0) is 28.9 Å². The van der Waals surface area contributed by atoms with Gasteiger partial charge in [-0.3, -0.25) is 19.5 Å². The van der Waals surface area contributed by atoms with Gasteiger partial charge in [-0.1, -0.05) is 17.8 Å². The molecule has 0 saturated heterocycles. The minimum Gasteiger partial charge on any atom is -0.450 e. The molecule has 9 heteroatoms. The van der Waals surface area contributed by atoms with E-state index in [2.05, 4.69) is 21.6 Å². The highest BCUT2D eigenvalue weighted by Gasteiger charge is 2.22. The Labute approximate surface area is 164 Å². The summed E-state index contributed by atoms with van der Waals surface area (Å²) in [6.45, 7) is 5.87. The number of hydrogen-bond acceptors (Lipinski definition) is 7. The molecule has 1 aliphatic carbocycles. The van der Waals surface area contributed by atoms with Crippen LogP contribution in [0.3, 0.4) is 0 Å². The molecule has 3 rings (SSSR count). The number of nitrogens with zero attached hydrogens (tertiary/aromatic N) is 2. The summed E-state index contributed by atoms with van der Waals surface area (Å²) in [5.74, 6) is -0.539. The van der Waals surface area contributed by atoms with Gasteiger partial charge in [-0.2, -0.15) is 0 Å². The lowest BCUT2D eigenvalue weighted by molar-refractivity contribution is -0.117. The molecule has 0 atom stereocenters. The normalized spacial score (nSPS) is 13.2. The second-order valence-corrected chi connectivity index (χ2v) is 8.07. The van der Waals surface area contributed by atoms with E-state index in [1.807, 2.05) is 0 Å². The van der Waals surface area contributed by atoms with Crippen molar-refractivity contribution in [3.8, 4) is 0 Å². The Balaban J connectivity index is 1.89. The first-order chi connectivity index (χ1) is 13.0. The lowest BCUT2D eigenvalue weighted by atomic mass is 9.97. The number of thioether (sulfide) groups is 1. The van der Waals surface area contributed by atoms with Crippen LogP contribution in [0.5, 0.6) is 0 Å². The van der Waals surface area contributed by atoms with Crippen LogP contribution in [0.1, 0.15) is 30.2 Å². The third-order valence-corrected chi connectivity index (χ3v) is 6.36. The number of amides is 2. The quantitative estimate of drug-likeness (QED) is 0.450. The minimum absolute atomic E-state index is 0.0427. The van der Waals surface area contributed by atoms with E-state index in [1.54, 1.807) is 28.9 Å². The number of fused-ring (bicyclic) bond motifs is 3. The number of rotatable bonds is 6. The van der Waals surface area contributed by atoms with Gasteiger partial charge in [0.25, 0.3) is 5.56 Å². The summed E-state index contributed by atoms with van der Waals surface area (Å²) < 4.78 is 6.23. The zero-order chi connectivity index (χ0) is 19.4. The number of imide groups is 1. The number of nitrogens with one attached hydrogen (secondary N) is 1. The van der Waals surface area contributed by atoms with Crippen LogP contribution in [0.25, 0.3) is 10.2 Å². The first-order valence-corrected chi connectivity index (χ1v) is 10.6. The van der Waals surface area contributed by atoms with Gasteiger partial charge in [0.1, 0.15) is 4.83 Å². The molecule has 7 nitrogen and oxygen atoms in total. The number of hydrogen-bond donors (Lipinski definition) is 1. The lowest BCUT2D eigenvalue weighted by Gasteiger charge is -2.12. The van der Waals surface area contributed by atoms with E-state index >= 15 is 0 Å². The van der Waals surface area contributed by atoms with Gasteiger partial charge in [0.2, 0.25) is 5.91 Å². The number of allylic oxidation sites excluding steroid dienone is 1. The standard InChI is InChI=1S/C18H21N3O4S2/c1-3-9-21-16(23)14-11-7-5-6-8-12(11)27-15(14)20-17(21)26-10-13(22)19-18(24)25-4-2/h3H,1,4-10H2,2H3,(H,19,22,24). The monoisotopic (exact) mass is 407 g/mol. The summed E-state index contributed by atoms with van der Waals surface area (Å²) in [5.41, 5.74) is 1.04. The number of aryl methyl sites for hydroxylation is 2. The number of ether oxygens (including phenoxy) is 1. The molecule has 2 aromatic rings. The topological polar surface area (TPSA) is 90.3 Å². The smallest absolute Gasteiger partial charge is 0.413 e. The molecular formula is C18H21N3O4S2. The van der Waals surface area contributed by atoms with Crippen LogP contribution in [0, 0.1) is 0 Å². The Morgan fingerprint density at radius 2 is 2.19 bits per heavy atom. The molecule has 2 heterocycles. The Hall–Kier alpha value is -2.13. The summed E-state index contributed by atoms with van der Waals surface area (Å²) in [4.78, 5) is 42.9. The third kappa shape index (κ3) is 4.24. The van der Waals surface area contributed by atoms with E-state index < -0.39 is 12.0 Å². The molecule has 27 heavy (non-hydrogen) atoms. The van der Waals surface area contributed by atoms with Crippen LogP contribution in [-0.4, -0.2) is 33.9 Å². The van der Waals surface area contributed by atoms with Crippen molar-refractivity contribution >= 4 is 45.3 Å². The maximum Gasteiger partial charge on any atom is 0.413 e. The summed E-state index contributed by atoms with van der Waals surface area (Å²) in [6, 6.07) is 0. The molecule has 0 bridgehead atoms. The van der Waals surface area contributed by atoms with E-state index in [-0.39, 0.29) is 17.9 Å². The minimum atomic E-state index is -0.777. The van der Waals surface area contributed by atoms with Gasteiger partial charge in [-0.25, -0.2) is 9.78 Å². The van der Waals surface area contributed by atoms with Gasteiger partial charge in [0.05, 0.1) is 17.7 Å². The first kappa shape index (κ1) is 19.6. The van der Waals surface area contributed by atoms with Crippen molar-refractivity contribution < 1.29 is 14.3 Å². The van der Waals surface area contributed by atoms with E-state index in [4.69, 9.17) is 0 Å². The Bertz CT molecular complexity index is 948. The van der Waals surface area contributed by atoms with Gasteiger partial charge in [0.15, 0.2) is 5.16 Å². The van der Waals surface area contributed by atoms with Crippen molar-refractivity contribution in [2.24, 2.45) is 0 Å². The molecule has 1 aliphatic rings. The van der Waals surface area contributed by atoms with Gasteiger partial charge in [-0.05, 0) is 38.2 Å². The van der Waals surface area contributed by atoms with E-state index in [1.165, 1.54) is 4.88 Å². The maximum atomic E-state index is 13.1. The SMILES string of the molecule is C=CCn1c(SCC(=O)NC(=O)OCC)nc2sc3c(c2c1=O)CCCC3. The predicted octanol–water partition coefficient (Wildman–Crippen LogP) is 2.89. The Morgan fingerprint density at radius 1 is 1.41 bits per heavy atom. The maximum absolute atomic E-state index is 13.1. The molecule has 2 amide bonds. The van der Waals surface area contributed by atoms with Crippen LogP contribution in [0.15, 0.2) is 22.6 Å². The van der Waals surface area contributed by atoms with Gasteiger partial charge in [-0.15, -0.1) is 17.9 Å². The van der Waals surface area contributed by atoms with E-state index in [9.17, 15) is 14.4 Å². The van der Waals surface area contributed by atoms with E-state index in [0.717, 1.165) is 47.8 Å². The highest BCUT2D eigenvalue weighted by atomic mass is 32.2. The molecule has 0 radical (unpaired) electrons. The average Bonchev–Trinajstić information content (AvgIpc) is 3.01. The fraction of sp³-hybridized carbons (Fsp3) is 0.444. The van der Waals surface area contributed by atoms with Gasteiger partial charge < -0.3 is 4.74 Å². The predicted molar refractivity (Wildman–Crippen MR) is 107 cm³/mol. The summed E-state index contributed by atoms with van der Waals surface area (Å²) >= 11 is 2.69. The van der Waals surface area contributed by atoms with Gasteiger partial charge in [0, 0.05) is 11.4 Å². The number of thiophene rings is 1. The van der Waals surface area contributed by atoms with Crippen LogP contribution in [0.2, 0.25) is 0 Å². The number of carbonyl (C=O) groups is 2. The second kappa shape index (κ2) is 8.71. The highest BCUT2D eigenvalue weighted by Crippen LogP contribution is 2.34. The molecule has 2 aromatic heterocycles. The summed E-state index contributed by atoms with van der Waals surface area (Å²) in [6.07, 6.45) is 4.98. The average molecular weight is 408 g/mol. The molecular weight excluding hydrogens is 386 g/mol. The van der Waals surface area contributed by atoms with Crippen molar-refractivity contribution in [1.29, 1.82) is 0 Å². The van der Waals surface area contributed by atoms with Crippen LogP contribution < -0.4 is 10.9 Å². The zero-order valence-electron chi connectivity index (χ0n) is 15.1. The lowest BCUT2D eigenvalue weighted by Crippen LogP contribution is -2.32. The summed E-state index contributed by atoms with van der Waals surface area (Å²) in [7, 11) is 0. The van der Waals surface area contributed by atoms with Crippen molar-refractivity contribution in [2.75, 3.05) is 12.4 Å². The fourth-order valence-corrected chi connectivity index (χ4v) is 5.18. The van der Waals surface area contributed by atoms with Crippen molar-refractivity contribution in [2.45, 2.75) is 44.3 Å². The molecule has 0 unspecified atom stereocenters. The Morgan fingerprint density at radius 3 is 2.93 bits per heavy atom. The van der Waals surface area contributed by atoms with Crippen LogP contribution >= 0.6 is 23.1 Å². The van der Waals surface area contributed by atoms with E-state index in [0.29, 0.717) is 17.1 Å². The first-order valence-electron chi connectivity index (χ1n) is 8.80. The fourth-order valence-electron chi connectivity index (χ4n) is 3.07. The molecule has 0 spiro atoms. The molecule has 0 saturated carbocycles. The van der Waals surface area contributed by atoms with Crippen LogP contribution in [0.4, 0.5) is 4.79 Å². The largest absolute Gasteiger partial charge is 0.450 e. The second-order valence-electron chi connectivity index (χ2n) is 6.05. The zero-order valence-corrected chi connectivity index (χ0v) is 16.7.